The molecule has 0 aliphatic rings. The van der Waals surface area contributed by atoms with Crippen molar-refractivity contribution in [2.45, 2.75) is 71.1 Å². The summed E-state index contributed by atoms with van der Waals surface area (Å²) in [5.74, 6) is 0.0119. The van der Waals surface area contributed by atoms with Crippen molar-refractivity contribution in [2.75, 3.05) is 12.3 Å². The fourth-order valence-electron chi connectivity index (χ4n) is 2.30. The Hall–Kier alpha value is -1.56. The minimum Gasteiger partial charge on any atom is -0.738 e. The Morgan fingerprint density at radius 1 is 1.09 bits per heavy atom. The van der Waals surface area contributed by atoms with Gasteiger partial charge in [-0.2, -0.15) is 5.48 Å². The van der Waals surface area contributed by atoms with Crippen LogP contribution in [0.1, 0.15) is 71.1 Å². The first-order valence-corrected chi connectivity index (χ1v) is 8.49. The molecule has 6 nitrogen and oxygen atoms in total. The Bertz CT molecular complexity index is 402. The van der Waals surface area contributed by atoms with Gasteiger partial charge in [-0.1, -0.05) is 69.7 Å². The van der Waals surface area contributed by atoms with Crippen LogP contribution in [0.5, 0.6) is 5.88 Å². The van der Waals surface area contributed by atoms with Crippen molar-refractivity contribution in [1.29, 1.82) is 0 Å². The van der Waals surface area contributed by atoms with Crippen molar-refractivity contribution in [2.24, 2.45) is 0 Å². The van der Waals surface area contributed by atoms with E-state index in [1.54, 1.807) is 0 Å². The number of rotatable bonds is 13. The highest BCUT2D eigenvalue weighted by Gasteiger charge is 2.05. The van der Waals surface area contributed by atoms with Crippen LogP contribution in [-0.2, 0) is 0 Å². The van der Waals surface area contributed by atoms with Gasteiger partial charge in [-0.15, -0.1) is 0 Å². The van der Waals surface area contributed by atoms with E-state index in [1.807, 2.05) is 0 Å². The molecule has 0 saturated carbocycles. The molecule has 0 atom stereocenters. The number of nitrogens with one attached hydrogen (secondary N) is 1. The third kappa shape index (κ3) is 8.02. The molecule has 22 heavy (non-hydrogen) atoms. The fourth-order valence-corrected chi connectivity index (χ4v) is 2.30. The molecular formula is C16H30N4O2. The Labute approximate surface area is 133 Å². The topological polar surface area (TPSA) is 87.1 Å². The van der Waals surface area contributed by atoms with Crippen LogP contribution in [-0.4, -0.2) is 11.5 Å². The van der Waals surface area contributed by atoms with Crippen LogP contribution in [0.15, 0.2) is 12.3 Å². The lowest BCUT2D eigenvalue weighted by Crippen LogP contribution is -2.36. The van der Waals surface area contributed by atoms with Gasteiger partial charge in [0.2, 0.25) is 0 Å². The summed E-state index contributed by atoms with van der Waals surface area (Å²) in [6, 6.07) is 1.48. The van der Waals surface area contributed by atoms with E-state index in [9.17, 15) is 5.21 Å². The number of nitrogens with two attached hydrogens (primary N) is 1. The van der Waals surface area contributed by atoms with E-state index in [0.29, 0.717) is 4.73 Å². The number of unbranched alkanes of at least 4 members (excludes halogenated alkanes) is 9. The van der Waals surface area contributed by atoms with E-state index in [0.717, 1.165) is 13.0 Å². The molecule has 0 aliphatic carbocycles. The molecule has 0 unspecified atom stereocenters. The number of hydrogen-bond donors (Lipinski definition) is 2. The second kappa shape index (κ2) is 12.0. The van der Waals surface area contributed by atoms with Gasteiger partial charge < -0.3 is 10.0 Å². The van der Waals surface area contributed by atoms with Crippen LogP contribution in [0.4, 0.5) is 5.95 Å². The van der Waals surface area contributed by atoms with Gasteiger partial charge in [-0.3, -0.25) is 5.73 Å². The lowest BCUT2D eigenvalue weighted by molar-refractivity contribution is -0.602. The summed E-state index contributed by atoms with van der Waals surface area (Å²) in [6.07, 6.45) is 14.4. The summed E-state index contributed by atoms with van der Waals surface area (Å²) in [5.41, 5.74) is 8.18. The predicted octanol–water partition coefficient (Wildman–Crippen LogP) is 3.10. The van der Waals surface area contributed by atoms with Crippen molar-refractivity contribution in [3.8, 4) is 5.88 Å². The quantitative estimate of drug-likeness (QED) is 0.253. The molecule has 0 aromatic carbocycles. The van der Waals surface area contributed by atoms with Gasteiger partial charge in [0.25, 0.3) is 5.88 Å². The third-order valence-corrected chi connectivity index (χ3v) is 3.64. The van der Waals surface area contributed by atoms with Crippen molar-refractivity contribution in [3.05, 3.63) is 17.5 Å². The largest absolute Gasteiger partial charge is 0.738 e. The SMILES string of the molecule is CCCCCCCCCCCCNOc1ccnc(N)[n+]1[O-]. The van der Waals surface area contributed by atoms with Crippen LogP contribution in [0.3, 0.4) is 0 Å². The lowest BCUT2D eigenvalue weighted by atomic mass is 10.1. The first-order valence-electron chi connectivity index (χ1n) is 8.49. The van der Waals surface area contributed by atoms with Gasteiger partial charge in [0.05, 0.1) is 6.07 Å². The first kappa shape index (κ1) is 18.5. The van der Waals surface area contributed by atoms with E-state index in [-0.39, 0.29) is 11.8 Å². The molecule has 1 heterocycles. The molecule has 6 heteroatoms. The summed E-state index contributed by atoms with van der Waals surface area (Å²) in [6.45, 7) is 2.97. The molecule has 1 aromatic rings. The highest BCUT2D eigenvalue weighted by molar-refractivity contribution is 5.10. The smallest absolute Gasteiger partial charge is 0.392 e. The fraction of sp³-hybridized carbons (Fsp3) is 0.750. The molecule has 0 bridgehead atoms. The molecule has 0 fully saturated rings. The Morgan fingerprint density at radius 2 is 1.68 bits per heavy atom. The summed E-state index contributed by atoms with van der Waals surface area (Å²) in [5, 5.41) is 11.5. The molecule has 0 radical (unpaired) electrons. The highest BCUT2D eigenvalue weighted by atomic mass is 16.7. The predicted molar refractivity (Wildman–Crippen MR) is 88.1 cm³/mol. The Morgan fingerprint density at radius 3 is 2.32 bits per heavy atom. The minimum atomic E-state index is -0.113. The zero-order valence-corrected chi connectivity index (χ0v) is 13.7. The molecule has 3 N–H and O–H groups in total. The molecule has 1 aromatic heterocycles. The maximum Gasteiger partial charge on any atom is 0.392 e. The standard InChI is InChI=1S/C16H30N4O2/c1-2-3-4-5-6-7-8-9-10-11-13-19-22-15-12-14-18-16(17)20(15)21/h12,14,19H,2-11,13H2,1H3,(H2,17,18). The Kier molecular flexibility index (Phi) is 10.1. The normalized spacial score (nSPS) is 10.8. The second-order valence-electron chi connectivity index (χ2n) is 5.61. The molecule has 0 spiro atoms. The minimum absolute atomic E-state index is 0.113. The number of hydroxylamine groups is 1. The zero-order valence-electron chi connectivity index (χ0n) is 13.7. The van der Waals surface area contributed by atoms with Gasteiger partial charge in [-0.25, -0.2) is 4.73 Å². The monoisotopic (exact) mass is 310 g/mol. The summed E-state index contributed by atoms with van der Waals surface area (Å²) in [4.78, 5) is 8.85. The third-order valence-electron chi connectivity index (χ3n) is 3.64. The molecule has 0 aliphatic heterocycles. The number of nitrogens with zero attached hydrogens (tertiary/aromatic N) is 2. The maximum atomic E-state index is 11.5. The van der Waals surface area contributed by atoms with Crippen LogP contribution < -0.4 is 20.8 Å². The van der Waals surface area contributed by atoms with Gasteiger partial charge in [0.1, 0.15) is 6.20 Å². The van der Waals surface area contributed by atoms with E-state index in [4.69, 9.17) is 10.6 Å². The van der Waals surface area contributed by atoms with Crippen molar-refractivity contribution < 1.29 is 9.57 Å². The summed E-state index contributed by atoms with van der Waals surface area (Å²) in [7, 11) is 0. The van der Waals surface area contributed by atoms with Crippen LogP contribution in [0.2, 0.25) is 0 Å². The van der Waals surface area contributed by atoms with Gasteiger partial charge in [-0.05, 0) is 6.42 Å². The van der Waals surface area contributed by atoms with Gasteiger partial charge in [0.15, 0.2) is 0 Å². The molecule has 0 saturated heterocycles. The molecule has 126 valence electrons. The van der Waals surface area contributed by atoms with Crippen LogP contribution in [0, 0.1) is 5.21 Å². The number of aromatic nitrogens is 2. The first-order chi connectivity index (χ1) is 10.8. The molecular weight excluding hydrogens is 280 g/mol. The van der Waals surface area contributed by atoms with E-state index in [1.165, 1.54) is 70.1 Å². The van der Waals surface area contributed by atoms with Gasteiger partial charge >= 0.3 is 5.95 Å². The number of nitrogen functional groups attached to an aromatic ring is 1. The second-order valence-corrected chi connectivity index (χ2v) is 5.61. The average Bonchev–Trinajstić information content (AvgIpc) is 2.52. The van der Waals surface area contributed by atoms with Crippen LogP contribution >= 0.6 is 0 Å². The van der Waals surface area contributed by atoms with Crippen molar-refractivity contribution >= 4 is 5.95 Å². The van der Waals surface area contributed by atoms with E-state index < -0.39 is 0 Å². The Balaban J connectivity index is 1.90. The van der Waals surface area contributed by atoms with E-state index >= 15 is 0 Å². The van der Waals surface area contributed by atoms with Crippen molar-refractivity contribution in [3.63, 3.8) is 0 Å². The van der Waals surface area contributed by atoms with Crippen molar-refractivity contribution in [1.82, 2.24) is 10.5 Å². The molecule has 0 amide bonds. The molecule has 1 rings (SSSR count). The highest BCUT2D eigenvalue weighted by Crippen LogP contribution is 2.10. The number of anilines is 1. The maximum absolute atomic E-state index is 11.5. The zero-order chi connectivity index (χ0) is 16.0. The van der Waals surface area contributed by atoms with Crippen LogP contribution in [0.25, 0.3) is 0 Å². The van der Waals surface area contributed by atoms with E-state index in [2.05, 4.69) is 17.4 Å². The lowest BCUT2D eigenvalue weighted by Gasteiger charge is -2.11. The number of hydrogen-bond acceptors (Lipinski definition) is 5. The average molecular weight is 310 g/mol. The summed E-state index contributed by atoms with van der Waals surface area (Å²) < 4.78 is 0.464. The summed E-state index contributed by atoms with van der Waals surface area (Å²) >= 11 is 0. The van der Waals surface area contributed by atoms with Gasteiger partial charge in [0, 0.05) is 6.54 Å².